The van der Waals surface area contributed by atoms with Crippen molar-refractivity contribution < 1.29 is 4.74 Å². The molecule has 108 valence electrons. The normalized spacial score (nSPS) is 33.2. The molecule has 0 aliphatic heterocycles. The molecule has 0 aromatic heterocycles. The van der Waals surface area contributed by atoms with Gasteiger partial charge in [-0.1, -0.05) is 50.5 Å². The van der Waals surface area contributed by atoms with Gasteiger partial charge in [-0.05, 0) is 55.7 Å². The van der Waals surface area contributed by atoms with Crippen molar-refractivity contribution in [3.8, 4) is 5.75 Å². The molecule has 20 heavy (non-hydrogen) atoms. The molecule has 0 radical (unpaired) electrons. The van der Waals surface area contributed by atoms with E-state index >= 15 is 0 Å². The van der Waals surface area contributed by atoms with Crippen molar-refractivity contribution in [2.75, 3.05) is 0 Å². The second-order valence-corrected chi connectivity index (χ2v) is 6.87. The first-order valence-corrected chi connectivity index (χ1v) is 8.10. The second kappa shape index (κ2) is 5.63. The fourth-order valence-electron chi connectivity index (χ4n) is 4.13. The summed E-state index contributed by atoms with van der Waals surface area (Å²) in [6, 6.07) is 8.32. The predicted molar refractivity (Wildman–Crippen MR) is 84.9 cm³/mol. The van der Waals surface area contributed by atoms with Gasteiger partial charge in [-0.25, -0.2) is 0 Å². The van der Waals surface area contributed by atoms with Crippen LogP contribution in [0, 0.1) is 11.8 Å². The van der Waals surface area contributed by atoms with E-state index in [2.05, 4.69) is 37.8 Å². The Morgan fingerprint density at radius 2 is 1.80 bits per heavy atom. The molecule has 0 spiro atoms. The minimum Gasteiger partial charge on any atom is -0.488 e. The first-order valence-electron chi connectivity index (χ1n) is 8.10. The Kier molecular flexibility index (Phi) is 3.87. The molecule has 1 aromatic rings. The molecule has 2 aliphatic carbocycles. The second-order valence-electron chi connectivity index (χ2n) is 6.87. The number of fused-ring (bicyclic) bond motifs is 1. The van der Waals surface area contributed by atoms with E-state index in [1.54, 1.807) is 0 Å². The van der Waals surface area contributed by atoms with E-state index in [-0.39, 0.29) is 5.60 Å². The molecule has 2 fully saturated rings. The molecule has 0 N–H and O–H groups in total. The average Bonchev–Trinajstić information content (AvgIpc) is 2.47. The van der Waals surface area contributed by atoms with Gasteiger partial charge in [-0.3, -0.25) is 0 Å². The molecule has 1 nitrogen and oxygen atoms in total. The van der Waals surface area contributed by atoms with Gasteiger partial charge < -0.3 is 4.74 Å². The van der Waals surface area contributed by atoms with Crippen LogP contribution in [-0.4, -0.2) is 5.60 Å². The minimum absolute atomic E-state index is 0.0359. The molecule has 1 heteroatoms. The summed E-state index contributed by atoms with van der Waals surface area (Å²) in [6.07, 6.45) is 11.4. The van der Waals surface area contributed by atoms with E-state index in [0.29, 0.717) is 0 Å². The molecule has 3 unspecified atom stereocenters. The number of hydrogen-bond donors (Lipinski definition) is 0. The molecule has 0 amide bonds. The lowest BCUT2D eigenvalue weighted by atomic mass is 9.66. The van der Waals surface area contributed by atoms with Crippen LogP contribution >= 0.6 is 0 Å². The van der Waals surface area contributed by atoms with Crippen LogP contribution in [0.15, 0.2) is 30.8 Å². The smallest absolute Gasteiger partial charge is 0.120 e. The molecule has 0 saturated heterocycles. The van der Waals surface area contributed by atoms with Crippen LogP contribution in [0.5, 0.6) is 5.75 Å². The Morgan fingerprint density at radius 1 is 1.10 bits per heavy atom. The number of hydrogen-bond acceptors (Lipinski definition) is 1. The zero-order valence-corrected chi connectivity index (χ0v) is 12.6. The van der Waals surface area contributed by atoms with Crippen LogP contribution < -0.4 is 4.74 Å². The monoisotopic (exact) mass is 270 g/mol. The van der Waals surface area contributed by atoms with Gasteiger partial charge in [0.05, 0.1) is 0 Å². The third kappa shape index (κ3) is 2.92. The largest absolute Gasteiger partial charge is 0.488 e. The maximum Gasteiger partial charge on any atom is 0.120 e. The topological polar surface area (TPSA) is 9.23 Å². The Morgan fingerprint density at radius 3 is 2.50 bits per heavy atom. The van der Waals surface area contributed by atoms with Crippen LogP contribution in [0.4, 0.5) is 0 Å². The first-order chi connectivity index (χ1) is 9.68. The minimum atomic E-state index is 0.0359. The van der Waals surface area contributed by atoms with Gasteiger partial charge in [0, 0.05) is 0 Å². The van der Waals surface area contributed by atoms with Crippen LogP contribution in [-0.2, 0) is 0 Å². The quantitative estimate of drug-likeness (QED) is 0.709. The van der Waals surface area contributed by atoms with Crippen molar-refractivity contribution >= 4 is 6.08 Å². The fourth-order valence-corrected chi connectivity index (χ4v) is 4.13. The zero-order valence-electron chi connectivity index (χ0n) is 12.6. The lowest BCUT2D eigenvalue weighted by molar-refractivity contribution is -0.0107. The highest BCUT2D eigenvalue weighted by atomic mass is 16.5. The molecule has 0 heterocycles. The maximum absolute atomic E-state index is 6.36. The van der Waals surface area contributed by atoms with Gasteiger partial charge >= 0.3 is 0 Å². The van der Waals surface area contributed by atoms with Crippen LogP contribution in [0.2, 0.25) is 0 Å². The molecule has 0 bridgehead atoms. The van der Waals surface area contributed by atoms with E-state index in [9.17, 15) is 0 Å². The molecular weight excluding hydrogens is 244 g/mol. The van der Waals surface area contributed by atoms with Gasteiger partial charge in [0.15, 0.2) is 0 Å². The Labute approximate surface area is 123 Å². The summed E-state index contributed by atoms with van der Waals surface area (Å²) in [5.41, 5.74) is 1.19. The molecule has 2 aliphatic rings. The third-order valence-electron chi connectivity index (χ3n) is 5.28. The van der Waals surface area contributed by atoms with Gasteiger partial charge in [0.1, 0.15) is 11.4 Å². The highest BCUT2D eigenvalue weighted by molar-refractivity contribution is 5.48. The summed E-state index contributed by atoms with van der Waals surface area (Å²) in [7, 11) is 0. The van der Waals surface area contributed by atoms with Gasteiger partial charge in [-0.15, -0.1) is 0 Å². The van der Waals surface area contributed by atoms with E-state index in [1.165, 1.54) is 44.9 Å². The summed E-state index contributed by atoms with van der Waals surface area (Å²) in [5, 5.41) is 0. The van der Waals surface area contributed by atoms with Crippen molar-refractivity contribution in [1.82, 2.24) is 0 Å². The highest BCUT2D eigenvalue weighted by Gasteiger charge is 2.40. The van der Waals surface area contributed by atoms with Gasteiger partial charge in [0.2, 0.25) is 0 Å². The molecular formula is C19H26O. The SMILES string of the molecule is C=Cc1ccc(OC2(C)CCC3CCCCC3C2)cc1. The average molecular weight is 270 g/mol. The van der Waals surface area contributed by atoms with Crippen molar-refractivity contribution in [2.45, 2.75) is 57.5 Å². The standard InChI is InChI=1S/C19H26O/c1-3-15-8-10-18(11-9-15)20-19(2)13-12-16-6-4-5-7-17(16)14-19/h3,8-11,16-17H,1,4-7,12-14H2,2H3. The maximum atomic E-state index is 6.36. The molecule has 3 atom stereocenters. The third-order valence-corrected chi connectivity index (χ3v) is 5.28. The molecule has 3 rings (SSSR count). The predicted octanol–water partition coefficient (Wildman–Crippen LogP) is 5.46. The van der Waals surface area contributed by atoms with Crippen LogP contribution in [0.1, 0.15) is 57.4 Å². The Hall–Kier alpha value is -1.24. The Bertz CT molecular complexity index is 461. The summed E-state index contributed by atoms with van der Waals surface area (Å²) < 4.78 is 6.36. The molecule has 1 aromatic carbocycles. The van der Waals surface area contributed by atoms with Gasteiger partial charge in [-0.2, -0.15) is 0 Å². The highest BCUT2D eigenvalue weighted by Crippen LogP contribution is 2.45. The molecule has 2 saturated carbocycles. The number of ether oxygens (including phenoxy) is 1. The summed E-state index contributed by atoms with van der Waals surface area (Å²) >= 11 is 0. The Balaban J connectivity index is 1.67. The van der Waals surface area contributed by atoms with E-state index in [4.69, 9.17) is 4.74 Å². The lowest BCUT2D eigenvalue weighted by Gasteiger charge is -2.44. The van der Waals surface area contributed by atoms with E-state index < -0.39 is 0 Å². The number of rotatable bonds is 3. The summed E-state index contributed by atoms with van der Waals surface area (Å²) in [6.45, 7) is 6.10. The summed E-state index contributed by atoms with van der Waals surface area (Å²) in [5.74, 6) is 2.88. The van der Waals surface area contributed by atoms with Crippen molar-refractivity contribution in [3.05, 3.63) is 36.4 Å². The van der Waals surface area contributed by atoms with Crippen LogP contribution in [0.3, 0.4) is 0 Å². The lowest BCUT2D eigenvalue weighted by Crippen LogP contribution is -2.42. The first kappa shape index (κ1) is 13.7. The summed E-state index contributed by atoms with van der Waals surface area (Å²) in [4.78, 5) is 0. The fraction of sp³-hybridized carbons (Fsp3) is 0.579. The van der Waals surface area contributed by atoms with E-state index in [0.717, 1.165) is 23.1 Å². The zero-order chi connectivity index (χ0) is 14.0. The van der Waals surface area contributed by atoms with E-state index in [1.807, 2.05) is 6.08 Å². The van der Waals surface area contributed by atoms with Crippen molar-refractivity contribution in [3.63, 3.8) is 0 Å². The van der Waals surface area contributed by atoms with Crippen molar-refractivity contribution in [2.24, 2.45) is 11.8 Å². The van der Waals surface area contributed by atoms with Crippen LogP contribution in [0.25, 0.3) is 6.08 Å². The number of benzene rings is 1. The van der Waals surface area contributed by atoms with Crippen molar-refractivity contribution in [1.29, 1.82) is 0 Å². The van der Waals surface area contributed by atoms with Gasteiger partial charge in [0.25, 0.3) is 0 Å².